The third-order valence-corrected chi connectivity index (χ3v) is 3.85. The maximum atomic E-state index is 11.5. The zero-order valence-electron chi connectivity index (χ0n) is 21.2. The Morgan fingerprint density at radius 3 is 1.03 bits per heavy atom. The maximum Gasteiger partial charge on any atom is 0.308 e. The Kier molecular flexibility index (Phi) is 25.1. The van der Waals surface area contributed by atoms with Crippen LogP contribution in [0.25, 0.3) is 0 Å². The first kappa shape index (κ1) is 33.4. The second-order valence-corrected chi connectivity index (χ2v) is 8.30. The number of ether oxygens (including phenoxy) is 9. The fraction of sp³-hybridized carbons (Fsp3) is 0.957. The highest BCUT2D eigenvalue weighted by molar-refractivity contribution is 6.17. The van der Waals surface area contributed by atoms with Crippen LogP contribution in [-0.4, -0.2) is 123 Å². The Morgan fingerprint density at radius 2 is 0.765 bits per heavy atom. The minimum Gasteiger partial charge on any atom is -0.460 e. The lowest BCUT2D eigenvalue weighted by molar-refractivity contribution is -0.156. The average molecular weight is 517 g/mol. The van der Waals surface area contributed by atoms with E-state index in [2.05, 4.69) is 0 Å². The molecule has 0 spiro atoms. The summed E-state index contributed by atoms with van der Waals surface area (Å²) in [6.45, 7) is 13.4. The van der Waals surface area contributed by atoms with Crippen LogP contribution in [0.4, 0.5) is 0 Å². The number of rotatable bonds is 26. The van der Waals surface area contributed by atoms with Gasteiger partial charge in [0.2, 0.25) is 0 Å². The van der Waals surface area contributed by atoms with Crippen molar-refractivity contribution < 1.29 is 47.4 Å². The second-order valence-electron chi connectivity index (χ2n) is 7.92. The van der Waals surface area contributed by atoms with Gasteiger partial charge in [-0.05, 0) is 20.8 Å². The van der Waals surface area contributed by atoms with Crippen LogP contribution in [0.1, 0.15) is 27.2 Å². The largest absolute Gasteiger partial charge is 0.460 e. The van der Waals surface area contributed by atoms with Crippen molar-refractivity contribution >= 4 is 17.6 Å². The van der Waals surface area contributed by atoms with Crippen molar-refractivity contribution in [1.29, 1.82) is 0 Å². The average Bonchev–Trinajstić information content (AvgIpc) is 2.78. The van der Waals surface area contributed by atoms with Crippen molar-refractivity contribution in [3.8, 4) is 0 Å². The molecule has 0 fully saturated rings. The van der Waals surface area contributed by atoms with Crippen LogP contribution in [0.2, 0.25) is 0 Å². The van der Waals surface area contributed by atoms with E-state index in [1.54, 1.807) is 0 Å². The molecule has 0 atom stereocenters. The molecule has 10 nitrogen and oxygen atoms in total. The quantitative estimate of drug-likeness (QED) is 0.0964. The molecule has 0 saturated heterocycles. The topological polar surface area (TPSA) is 100 Å². The molecule has 0 amide bonds. The number of esters is 1. The smallest absolute Gasteiger partial charge is 0.308 e. The molecule has 0 aliphatic carbocycles. The SMILES string of the molecule is CC(C)(C)OC(=O)CCOCCOCCOCCOCCOCCOCCOCCOCCCl. The lowest BCUT2D eigenvalue weighted by Crippen LogP contribution is -2.24. The van der Waals surface area contributed by atoms with Crippen molar-refractivity contribution in [3.63, 3.8) is 0 Å². The van der Waals surface area contributed by atoms with Crippen LogP contribution in [0.15, 0.2) is 0 Å². The van der Waals surface area contributed by atoms with Crippen LogP contribution in [-0.2, 0) is 47.4 Å². The molecule has 0 aromatic carbocycles. The molecule has 0 aromatic heterocycles. The molecule has 0 radical (unpaired) electrons. The van der Waals surface area contributed by atoms with Crippen molar-refractivity contribution in [3.05, 3.63) is 0 Å². The minimum atomic E-state index is -0.466. The van der Waals surface area contributed by atoms with Gasteiger partial charge in [0.05, 0.1) is 112 Å². The molecule has 34 heavy (non-hydrogen) atoms. The Morgan fingerprint density at radius 1 is 0.500 bits per heavy atom. The standard InChI is InChI=1S/C23H45ClO10/c1-23(2,3)34-22(25)4-6-26-8-10-28-12-14-30-16-18-32-20-21-33-19-17-31-15-13-29-11-9-27-7-5-24/h4-21H2,1-3H3. The number of halogens is 1. The number of hydrogen-bond donors (Lipinski definition) is 0. The van der Waals surface area contributed by atoms with E-state index in [0.717, 1.165) is 0 Å². The Hall–Kier alpha value is -0.560. The predicted octanol–water partition coefficient (Wildman–Crippen LogP) is 2.09. The molecule has 11 heteroatoms. The zero-order chi connectivity index (χ0) is 25.2. The highest BCUT2D eigenvalue weighted by Gasteiger charge is 2.15. The number of carbonyl (C=O) groups is 1. The van der Waals surface area contributed by atoms with Gasteiger partial charge in [-0.1, -0.05) is 0 Å². The van der Waals surface area contributed by atoms with Gasteiger partial charge in [0.1, 0.15) is 5.60 Å². The van der Waals surface area contributed by atoms with E-state index < -0.39 is 5.60 Å². The summed E-state index contributed by atoms with van der Waals surface area (Å²) in [4.78, 5) is 11.5. The molecule has 0 aliphatic rings. The molecule has 0 heterocycles. The van der Waals surface area contributed by atoms with E-state index in [4.69, 9.17) is 54.2 Å². The lowest BCUT2D eigenvalue weighted by atomic mass is 10.2. The Bertz CT molecular complexity index is 434. The van der Waals surface area contributed by atoms with Crippen molar-refractivity contribution in [1.82, 2.24) is 0 Å². The maximum absolute atomic E-state index is 11.5. The lowest BCUT2D eigenvalue weighted by Gasteiger charge is -2.19. The van der Waals surface area contributed by atoms with Crippen LogP contribution < -0.4 is 0 Å². The highest BCUT2D eigenvalue weighted by Crippen LogP contribution is 2.08. The Balaban J connectivity index is 3.10. The molecule has 204 valence electrons. The van der Waals surface area contributed by atoms with Crippen LogP contribution in [0.5, 0.6) is 0 Å². The second kappa shape index (κ2) is 25.5. The van der Waals surface area contributed by atoms with Crippen molar-refractivity contribution in [2.75, 3.05) is 112 Å². The zero-order valence-corrected chi connectivity index (χ0v) is 21.9. The van der Waals surface area contributed by atoms with E-state index in [1.807, 2.05) is 20.8 Å². The van der Waals surface area contributed by atoms with E-state index >= 15 is 0 Å². The molecular weight excluding hydrogens is 472 g/mol. The number of carbonyl (C=O) groups excluding carboxylic acids is 1. The van der Waals surface area contributed by atoms with E-state index in [9.17, 15) is 4.79 Å². The number of hydrogen-bond acceptors (Lipinski definition) is 10. The summed E-state index contributed by atoms with van der Waals surface area (Å²) in [7, 11) is 0. The van der Waals surface area contributed by atoms with Gasteiger partial charge in [-0.3, -0.25) is 4.79 Å². The molecule has 0 N–H and O–H groups in total. The highest BCUT2D eigenvalue weighted by atomic mass is 35.5. The fourth-order valence-electron chi connectivity index (χ4n) is 2.24. The van der Waals surface area contributed by atoms with Crippen LogP contribution >= 0.6 is 11.6 Å². The molecular formula is C23H45ClO10. The summed E-state index contributed by atoms with van der Waals surface area (Å²) in [6, 6.07) is 0. The number of alkyl halides is 1. The molecule has 0 unspecified atom stereocenters. The van der Waals surface area contributed by atoms with Gasteiger partial charge >= 0.3 is 5.97 Å². The summed E-state index contributed by atoms with van der Waals surface area (Å²) in [6.07, 6.45) is 0.238. The molecule has 0 rings (SSSR count). The normalized spacial score (nSPS) is 11.8. The minimum absolute atomic E-state index is 0.238. The van der Waals surface area contributed by atoms with Gasteiger partial charge in [0.25, 0.3) is 0 Å². The van der Waals surface area contributed by atoms with Crippen molar-refractivity contribution in [2.24, 2.45) is 0 Å². The summed E-state index contributed by atoms with van der Waals surface area (Å²) in [5, 5.41) is 0. The first-order valence-corrected chi connectivity index (χ1v) is 12.4. The first-order chi connectivity index (χ1) is 16.5. The van der Waals surface area contributed by atoms with Gasteiger partial charge in [-0.25, -0.2) is 0 Å². The van der Waals surface area contributed by atoms with E-state index in [1.165, 1.54) is 0 Å². The van der Waals surface area contributed by atoms with Gasteiger partial charge in [-0.2, -0.15) is 0 Å². The first-order valence-electron chi connectivity index (χ1n) is 11.9. The van der Waals surface area contributed by atoms with Gasteiger partial charge in [-0.15, -0.1) is 11.6 Å². The van der Waals surface area contributed by atoms with E-state index in [-0.39, 0.29) is 12.4 Å². The third-order valence-electron chi connectivity index (χ3n) is 3.70. The summed E-state index contributed by atoms with van der Waals surface area (Å²) in [5.74, 6) is 0.235. The van der Waals surface area contributed by atoms with Crippen LogP contribution in [0, 0.1) is 0 Å². The molecule has 0 aromatic rings. The molecule has 0 saturated carbocycles. The Labute approximate surface area is 209 Å². The van der Waals surface area contributed by atoms with Crippen molar-refractivity contribution in [2.45, 2.75) is 32.8 Å². The van der Waals surface area contributed by atoms with Gasteiger partial charge < -0.3 is 42.6 Å². The summed E-state index contributed by atoms with van der Waals surface area (Å²) < 4.78 is 48.1. The van der Waals surface area contributed by atoms with Crippen LogP contribution in [0.3, 0.4) is 0 Å². The molecule has 0 bridgehead atoms. The predicted molar refractivity (Wildman–Crippen MR) is 128 cm³/mol. The molecule has 0 aliphatic heterocycles. The summed E-state index contributed by atoms with van der Waals surface area (Å²) >= 11 is 5.49. The summed E-state index contributed by atoms with van der Waals surface area (Å²) in [5.41, 5.74) is -0.466. The van der Waals surface area contributed by atoms with Gasteiger partial charge in [0, 0.05) is 5.88 Å². The fourth-order valence-corrected chi connectivity index (χ4v) is 2.35. The monoisotopic (exact) mass is 516 g/mol. The van der Waals surface area contributed by atoms with Gasteiger partial charge in [0.15, 0.2) is 0 Å². The van der Waals surface area contributed by atoms with E-state index in [0.29, 0.717) is 112 Å². The third kappa shape index (κ3) is 29.5.